The van der Waals surface area contributed by atoms with Crippen LogP contribution in [0.1, 0.15) is 59.8 Å². The van der Waals surface area contributed by atoms with Crippen LogP contribution in [0.4, 0.5) is 0 Å². The van der Waals surface area contributed by atoms with Crippen molar-refractivity contribution < 1.29 is 19.8 Å². The molecule has 0 fully saturated rings. The minimum Gasteiger partial charge on any atom is -0.479 e. The molecule has 5 heteroatoms. The van der Waals surface area contributed by atoms with Crippen LogP contribution in [0, 0.1) is 0 Å². The summed E-state index contributed by atoms with van der Waals surface area (Å²) in [5, 5.41) is 17.9. The third-order valence-electron chi connectivity index (χ3n) is 3.66. The molecule has 0 atom stereocenters. The Bertz CT molecular complexity index is 497. The minimum absolute atomic E-state index is 0.216. The SMILES string of the molecule is CC(C)=CCCC(C)=CCCC(C)=CCC(N)(C(=O)O)C(=O)O. The van der Waals surface area contributed by atoms with Crippen molar-refractivity contribution in [3.63, 3.8) is 0 Å². The van der Waals surface area contributed by atoms with Gasteiger partial charge in [-0.2, -0.15) is 0 Å². The van der Waals surface area contributed by atoms with Crippen LogP contribution in [0.2, 0.25) is 0 Å². The van der Waals surface area contributed by atoms with Gasteiger partial charge in [0.2, 0.25) is 5.54 Å². The van der Waals surface area contributed by atoms with Crippen molar-refractivity contribution in [2.45, 2.75) is 65.3 Å². The van der Waals surface area contributed by atoms with Crippen LogP contribution in [0.5, 0.6) is 0 Å². The maximum atomic E-state index is 11.0. The predicted octanol–water partition coefficient (Wildman–Crippen LogP) is 3.66. The highest BCUT2D eigenvalue weighted by Crippen LogP contribution is 2.15. The molecule has 5 nitrogen and oxygen atoms in total. The van der Waals surface area contributed by atoms with Gasteiger partial charge in [0.05, 0.1) is 0 Å². The van der Waals surface area contributed by atoms with Crippen molar-refractivity contribution in [2.24, 2.45) is 5.73 Å². The molecule has 0 saturated carbocycles. The smallest absolute Gasteiger partial charge is 0.335 e. The Hall–Kier alpha value is -1.88. The van der Waals surface area contributed by atoms with Gasteiger partial charge in [0.25, 0.3) is 0 Å². The van der Waals surface area contributed by atoms with E-state index < -0.39 is 17.5 Å². The predicted molar refractivity (Wildman–Crippen MR) is 92.2 cm³/mol. The zero-order valence-corrected chi connectivity index (χ0v) is 14.6. The second-order valence-corrected chi connectivity index (χ2v) is 6.25. The lowest BCUT2D eigenvalue weighted by atomic mass is 9.95. The number of carboxylic acids is 2. The maximum Gasteiger partial charge on any atom is 0.335 e. The fraction of sp³-hybridized carbons (Fsp3) is 0.556. The quantitative estimate of drug-likeness (QED) is 0.421. The van der Waals surface area contributed by atoms with Gasteiger partial charge in [-0.15, -0.1) is 0 Å². The summed E-state index contributed by atoms with van der Waals surface area (Å²) in [4.78, 5) is 22.0. The van der Waals surface area contributed by atoms with Gasteiger partial charge in [0.15, 0.2) is 0 Å². The molecule has 4 N–H and O–H groups in total. The lowest BCUT2D eigenvalue weighted by Gasteiger charge is -2.17. The molecule has 0 aromatic heterocycles. The van der Waals surface area contributed by atoms with E-state index in [1.165, 1.54) is 11.1 Å². The molecule has 0 saturated heterocycles. The zero-order valence-electron chi connectivity index (χ0n) is 14.6. The van der Waals surface area contributed by atoms with Crippen LogP contribution in [-0.4, -0.2) is 27.7 Å². The molecule has 0 amide bonds. The summed E-state index contributed by atoms with van der Waals surface area (Å²) >= 11 is 0. The average Bonchev–Trinajstić information content (AvgIpc) is 2.43. The summed E-state index contributed by atoms with van der Waals surface area (Å²) in [7, 11) is 0. The van der Waals surface area contributed by atoms with E-state index in [9.17, 15) is 9.59 Å². The van der Waals surface area contributed by atoms with Gasteiger partial charge in [-0.1, -0.05) is 34.9 Å². The lowest BCUT2D eigenvalue weighted by molar-refractivity contribution is -0.156. The first-order chi connectivity index (χ1) is 10.6. The molecule has 0 aliphatic carbocycles. The van der Waals surface area contributed by atoms with E-state index in [0.717, 1.165) is 31.3 Å². The molecule has 0 unspecified atom stereocenters. The van der Waals surface area contributed by atoms with Crippen molar-refractivity contribution in [1.82, 2.24) is 0 Å². The summed E-state index contributed by atoms with van der Waals surface area (Å²) in [5.74, 6) is -3.05. The average molecular weight is 323 g/mol. The van der Waals surface area contributed by atoms with Gasteiger partial charge in [-0.05, 0) is 53.4 Å². The van der Waals surface area contributed by atoms with Gasteiger partial charge < -0.3 is 15.9 Å². The fourth-order valence-electron chi connectivity index (χ4n) is 1.94. The number of aliphatic carboxylic acids is 2. The molecule has 0 bridgehead atoms. The minimum atomic E-state index is -2.25. The highest BCUT2D eigenvalue weighted by Gasteiger charge is 2.41. The van der Waals surface area contributed by atoms with E-state index in [1.54, 1.807) is 6.08 Å². The highest BCUT2D eigenvalue weighted by atomic mass is 16.4. The Labute approximate surface area is 138 Å². The van der Waals surface area contributed by atoms with E-state index in [2.05, 4.69) is 32.9 Å². The Morgan fingerprint density at radius 1 is 0.870 bits per heavy atom. The second-order valence-electron chi connectivity index (χ2n) is 6.25. The van der Waals surface area contributed by atoms with Crippen LogP contribution < -0.4 is 5.73 Å². The topological polar surface area (TPSA) is 101 Å². The molecule has 23 heavy (non-hydrogen) atoms. The molecular weight excluding hydrogens is 294 g/mol. The normalized spacial score (nSPS) is 12.9. The molecule has 0 aliphatic heterocycles. The number of hydrogen-bond acceptors (Lipinski definition) is 3. The third kappa shape index (κ3) is 8.35. The van der Waals surface area contributed by atoms with Crippen molar-refractivity contribution in [3.05, 3.63) is 34.9 Å². The number of carboxylic acid groups (broad SMARTS) is 2. The van der Waals surface area contributed by atoms with E-state index >= 15 is 0 Å². The van der Waals surface area contributed by atoms with E-state index in [4.69, 9.17) is 15.9 Å². The highest BCUT2D eigenvalue weighted by molar-refractivity contribution is 6.03. The molecule has 0 aliphatic rings. The Kier molecular flexibility index (Phi) is 9.18. The number of hydrogen-bond donors (Lipinski definition) is 3. The summed E-state index contributed by atoms with van der Waals surface area (Å²) in [6.45, 7) is 8.12. The maximum absolute atomic E-state index is 11.0. The van der Waals surface area contributed by atoms with E-state index in [-0.39, 0.29) is 6.42 Å². The zero-order chi connectivity index (χ0) is 18.0. The van der Waals surface area contributed by atoms with E-state index in [1.807, 2.05) is 6.92 Å². The number of nitrogens with two attached hydrogens (primary N) is 1. The van der Waals surface area contributed by atoms with Crippen molar-refractivity contribution >= 4 is 11.9 Å². The van der Waals surface area contributed by atoms with Crippen LogP contribution in [0.25, 0.3) is 0 Å². The third-order valence-corrected chi connectivity index (χ3v) is 3.66. The van der Waals surface area contributed by atoms with Crippen molar-refractivity contribution in [1.29, 1.82) is 0 Å². The van der Waals surface area contributed by atoms with Gasteiger partial charge >= 0.3 is 11.9 Å². The monoisotopic (exact) mass is 323 g/mol. The summed E-state index contributed by atoms with van der Waals surface area (Å²) in [6, 6.07) is 0. The number of rotatable bonds is 10. The molecule has 130 valence electrons. The largest absolute Gasteiger partial charge is 0.479 e. The van der Waals surface area contributed by atoms with Gasteiger partial charge in [-0.3, -0.25) is 0 Å². The fourth-order valence-corrected chi connectivity index (χ4v) is 1.94. The second kappa shape index (κ2) is 10.0. The van der Waals surface area contributed by atoms with Crippen LogP contribution in [0.15, 0.2) is 34.9 Å². The summed E-state index contributed by atoms with van der Waals surface area (Å²) in [6.07, 6.45) is 9.43. The van der Waals surface area contributed by atoms with Crippen LogP contribution in [-0.2, 0) is 9.59 Å². The molecule has 0 aromatic rings. The molecular formula is C18H29NO4. The van der Waals surface area contributed by atoms with Gasteiger partial charge in [0, 0.05) is 6.42 Å². The molecule has 0 heterocycles. The Morgan fingerprint density at radius 2 is 1.30 bits per heavy atom. The molecule has 0 spiro atoms. The van der Waals surface area contributed by atoms with Crippen molar-refractivity contribution in [3.8, 4) is 0 Å². The molecule has 0 rings (SSSR count). The first kappa shape index (κ1) is 21.1. The Balaban J connectivity index is 4.43. The molecule has 0 radical (unpaired) electrons. The first-order valence-electron chi connectivity index (χ1n) is 7.80. The van der Waals surface area contributed by atoms with Crippen LogP contribution in [0.3, 0.4) is 0 Å². The molecule has 0 aromatic carbocycles. The van der Waals surface area contributed by atoms with Crippen molar-refractivity contribution in [2.75, 3.05) is 0 Å². The van der Waals surface area contributed by atoms with E-state index in [0.29, 0.717) is 0 Å². The lowest BCUT2D eigenvalue weighted by Crippen LogP contribution is -2.54. The van der Waals surface area contributed by atoms with Gasteiger partial charge in [-0.25, -0.2) is 9.59 Å². The Morgan fingerprint density at radius 3 is 1.74 bits per heavy atom. The number of allylic oxidation sites excluding steroid dienone is 5. The standard InChI is InChI=1S/C18H29NO4/c1-13(2)7-5-8-14(3)9-6-10-15(4)11-12-18(19,16(20)21)17(22)23/h7,9,11H,5-6,8,10,12,19H2,1-4H3,(H,20,21)(H,22,23). The van der Waals surface area contributed by atoms with Gasteiger partial charge in [0.1, 0.15) is 0 Å². The first-order valence-corrected chi connectivity index (χ1v) is 7.80. The number of carbonyl (C=O) groups is 2. The van der Waals surface area contributed by atoms with Crippen LogP contribution >= 0.6 is 0 Å². The summed E-state index contributed by atoms with van der Waals surface area (Å²) in [5.41, 5.74) is 6.75. The summed E-state index contributed by atoms with van der Waals surface area (Å²) < 4.78 is 0.